The zero-order valence-corrected chi connectivity index (χ0v) is 13.2. The van der Waals surface area contributed by atoms with Crippen LogP contribution >= 0.6 is 23.4 Å². The molecule has 0 aliphatic carbocycles. The lowest BCUT2D eigenvalue weighted by atomic mass is 10.2. The van der Waals surface area contributed by atoms with Crippen molar-refractivity contribution in [3.63, 3.8) is 0 Å². The van der Waals surface area contributed by atoms with E-state index in [4.69, 9.17) is 16.3 Å². The molecule has 0 amide bonds. The van der Waals surface area contributed by atoms with Crippen molar-refractivity contribution in [3.05, 3.63) is 64.6 Å². The van der Waals surface area contributed by atoms with Crippen molar-refractivity contribution in [2.45, 2.75) is 4.90 Å². The number of ether oxygens (including phenoxy) is 1. The second-order valence-electron chi connectivity index (χ2n) is 4.47. The van der Waals surface area contributed by atoms with Crippen LogP contribution in [0.3, 0.4) is 0 Å². The van der Waals surface area contributed by atoms with E-state index in [1.807, 2.05) is 30.5 Å². The molecule has 0 saturated heterocycles. The van der Waals surface area contributed by atoms with Crippen LogP contribution in [0.25, 0.3) is 6.08 Å². The van der Waals surface area contributed by atoms with Crippen LogP contribution in [0, 0.1) is 0 Å². The van der Waals surface area contributed by atoms with Crippen molar-refractivity contribution in [2.75, 3.05) is 6.26 Å². The average molecular weight is 331 g/mol. The molecule has 0 fully saturated rings. The van der Waals surface area contributed by atoms with E-state index in [0.717, 1.165) is 10.5 Å². The predicted molar refractivity (Wildman–Crippen MR) is 88.1 cm³/mol. The first-order valence-corrected chi connectivity index (χ1v) is 8.04. The fourth-order valence-corrected chi connectivity index (χ4v) is 2.47. The third-order valence-corrected chi connectivity index (χ3v) is 3.96. The number of thioether (sulfide) groups is 1. The van der Waals surface area contributed by atoms with Crippen molar-refractivity contribution in [3.8, 4) is 0 Å². The third kappa shape index (κ3) is 3.21. The molecule has 2 heterocycles. The molecule has 22 heavy (non-hydrogen) atoms. The van der Waals surface area contributed by atoms with E-state index in [0.29, 0.717) is 10.7 Å². The van der Waals surface area contributed by atoms with Gasteiger partial charge in [-0.2, -0.15) is 0 Å². The number of aromatic nitrogens is 1. The summed E-state index contributed by atoms with van der Waals surface area (Å²) >= 11 is 7.56. The minimum atomic E-state index is -0.495. The van der Waals surface area contributed by atoms with Crippen molar-refractivity contribution < 1.29 is 9.53 Å². The van der Waals surface area contributed by atoms with Crippen LogP contribution in [0.15, 0.2) is 58.2 Å². The van der Waals surface area contributed by atoms with Gasteiger partial charge < -0.3 is 4.74 Å². The minimum Gasteiger partial charge on any atom is -0.400 e. The van der Waals surface area contributed by atoms with Gasteiger partial charge >= 0.3 is 5.97 Å². The van der Waals surface area contributed by atoms with E-state index in [1.54, 1.807) is 30.0 Å². The number of pyridine rings is 1. The van der Waals surface area contributed by atoms with Crippen molar-refractivity contribution in [1.29, 1.82) is 0 Å². The number of hydrogen-bond donors (Lipinski definition) is 0. The molecule has 1 aliphatic rings. The Morgan fingerprint density at radius 2 is 2.00 bits per heavy atom. The molecule has 2 aromatic rings. The molecule has 110 valence electrons. The smallest absolute Gasteiger partial charge is 0.363 e. The van der Waals surface area contributed by atoms with E-state index in [9.17, 15) is 4.79 Å². The second-order valence-corrected chi connectivity index (χ2v) is 5.78. The molecule has 0 unspecified atom stereocenters. The summed E-state index contributed by atoms with van der Waals surface area (Å²) in [4.78, 5) is 21.4. The maximum Gasteiger partial charge on any atom is 0.363 e. The Hall–Kier alpha value is -2.11. The van der Waals surface area contributed by atoms with Gasteiger partial charge in [0.25, 0.3) is 0 Å². The zero-order chi connectivity index (χ0) is 15.5. The number of hydrogen-bond acceptors (Lipinski definition) is 5. The minimum absolute atomic E-state index is 0.166. The molecule has 3 rings (SSSR count). The van der Waals surface area contributed by atoms with Crippen molar-refractivity contribution in [2.24, 2.45) is 4.99 Å². The van der Waals surface area contributed by atoms with Gasteiger partial charge in [-0.15, -0.1) is 11.8 Å². The van der Waals surface area contributed by atoms with Gasteiger partial charge in [-0.25, -0.2) is 9.79 Å². The Morgan fingerprint density at radius 1 is 1.23 bits per heavy atom. The maximum atomic E-state index is 11.9. The van der Waals surface area contributed by atoms with Crippen molar-refractivity contribution >= 4 is 41.3 Å². The molecule has 4 nitrogen and oxygen atoms in total. The monoisotopic (exact) mass is 330 g/mol. The van der Waals surface area contributed by atoms with E-state index in [2.05, 4.69) is 9.98 Å². The summed E-state index contributed by atoms with van der Waals surface area (Å²) < 4.78 is 5.15. The van der Waals surface area contributed by atoms with Gasteiger partial charge in [0.2, 0.25) is 5.90 Å². The molecule has 1 aliphatic heterocycles. The molecule has 0 N–H and O–H groups in total. The largest absolute Gasteiger partial charge is 0.400 e. The van der Waals surface area contributed by atoms with E-state index < -0.39 is 5.97 Å². The molecule has 0 spiro atoms. The fraction of sp³-hybridized carbons (Fsp3) is 0.0625. The van der Waals surface area contributed by atoms with Crippen LogP contribution in [0.4, 0.5) is 0 Å². The Balaban J connectivity index is 1.90. The first kappa shape index (κ1) is 14.8. The number of carbonyl (C=O) groups excluding carboxylic acids is 1. The normalized spacial score (nSPS) is 15.8. The summed E-state index contributed by atoms with van der Waals surface area (Å²) in [7, 11) is 0. The van der Waals surface area contributed by atoms with Gasteiger partial charge in [0.1, 0.15) is 5.69 Å². The molecular formula is C16H11ClN2O2S. The van der Waals surface area contributed by atoms with Gasteiger partial charge in [0.15, 0.2) is 5.70 Å². The molecule has 0 bridgehead atoms. The highest BCUT2D eigenvalue weighted by Gasteiger charge is 2.25. The van der Waals surface area contributed by atoms with Gasteiger partial charge in [-0.1, -0.05) is 23.7 Å². The number of esters is 1. The van der Waals surface area contributed by atoms with Crippen LogP contribution in [-0.2, 0) is 9.53 Å². The van der Waals surface area contributed by atoms with Crippen LogP contribution in [0.5, 0.6) is 0 Å². The van der Waals surface area contributed by atoms with E-state index in [1.165, 1.54) is 6.20 Å². The number of benzene rings is 1. The molecule has 6 heteroatoms. The second kappa shape index (κ2) is 6.34. The summed E-state index contributed by atoms with van der Waals surface area (Å²) in [6.07, 6.45) is 5.23. The van der Waals surface area contributed by atoms with Gasteiger partial charge in [0.05, 0.1) is 0 Å². The Labute approximate surface area is 136 Å². The predicted octanol–water partition coefficient (Wildman–Crippen LogP) is 3.80. The standard InChI is InChI=1S/C16H11ClN2O2S/c1-22-12-4-2-10(3-5-12)8-14-16(20)21-15(19-14)13-9-11(17)6-7-18-13/h2-9H,1H3/b14-8-. The summed E-state index contributed by atoms with van der Waals surface area (Å²) in [5.74, 6) is -0.329. The highest BCUT2D eigenvalue weighted by Crippen LogP contribution is 2.21. The molecule has 1 aromatic heterocycles. The SMILES string of the molecule is CSc1ccc(/C=C2\N=C(c3cc(Cl)ccn3)OC2=O)cc1. The topological polar surface area (TPSA) is 51.6 Å². The van der Waals surface area contributed by atoms with Crippen molar-refractivity contribution in [1.82, 2.24) is 4.98 Å². The molecule has 0 atom stereocenters. The lowest BCUT2D eigenvalue weighted by Gasteiger charge is -1.98. The van der Waals surface area contributed by atoms with Crippen LogP contribution in [0.2, 0.25) is 5.02 Å². The van der Waals surface area contributed by atoms with Crippen LogP contribution < -0.4 is 0 Å². The maximum absolute atomic E-state index is 11.9. The first-order chi connectivity index (χ1) is 10.7. The van der Waals surface area contributed by atoms with Crippen LogP contribution in [-0.4, -0.2) is 23.1 Å². The Morgan fingerprint density at radius 3 is 2.68 bits per heavy atom. The quantitative estimate of drug-likeness (QED) is 0.488. The molecule has 1 aromatic carbocycles. The number of nitrogens with zero attached hydrogens (tertiary/aromatic N) is 2. The molecule has 0 saturated carbocycles. The fourth-order valence-electron chi connectivity index (χ4n) is 1.90. The summed E-state index contributed by atoms with van der Waals surface area (Å²) in [6.45, 7) is 0. The highest BCUT2D eigenvalue weighted by atomic mass is 35.5. The number of rotatable bonds is 3. The summed E-state index contributed by atoms with van der Waals surface area (Å²) in [6, 6.07) is 11.1. The van der Waals surface area contributed by atoms with Crippen LogP contribution in [0.1, 0.15) is 11.3 Å². The van der Waals surface area contributed by atoms with Gasteiger partial charge in [-0.05, 0) is 42.2 Å². The van der Waals surface area contributed by atoms with Gasteiger partial charge in [-0.3, -0.25) is 4.98 Å². The number of carbonyl (C=O) groups is 1. The number of aliphatic imine (C=N–C) groups is 1. The third-order valence-electron chi connectivity index (χ3n) is 2.98. The first-order valence-electron chi connectivity index (χ1n) is 6.44. The Bertz CT molecular complexity index is 785. The van der Waals surface area contributed by atoms with Gasteiger partial charge in [0, 0.05) is 16.1 Å². The molecular weight excluding hydrogens is 320 g/mol. The molecule has 0 radical (unpaired) electrons. The lowest BCUT2D eigenvalue weighted by molar-refractivity contribution is -0.129. The number of halogens is 1. The van der Waals surface area contributed by atoms with E-state index >= 15 is 0 Å². The van der Waals surface area contributed by atoms with E-state index in [-0.39, 0.29) is 11.6 Å². The Kier molecular flexibility index (Phi) is 4.27. The summed E-state index contributed by atoms with van der Waals surface area (Å²) in [5, 5.41) is 0.508. The average Bonchev–Trinajstić information content (AvgIpc) is 2.89. The lowest BCUT2D eigenvalue weighted by Crippen LogP contribution is -2.06. The highest BCUT2D eigenvalue weighted by molar-refractivity contribution is 7.98. The number of cyclic esters (lactones) is 1. The summed E-state index contributed by atoms with van der Waals surface area (Å²) in [5.41, 5.74) is 1.56. The zero-order valence-electron chi connectivity index (χ0n) is 11.6.